The zero-order valence-corrected chi connectivity index (χ0v) is 26.8. The average Bonchev–Trinajstić information content (AvgIpc) is 3.64. The number of aromatic nitrogens is 3. The maximum atomic E-state index is 11.1. The fourth-order valence-electron chi connectivity index (χ4n) is 7.06. The summed E-state index contributed by atoms with van der Waals surface area (Å²) in [5.74, 6) is 0. The molecule has 0 amide bonds. The number of benzene rings is 5. The molecule has 8 rings (SSSR count). The van der Waals surface area contributed by atoms with E-state index in [1.165, 1.54) is 0 Å². The molecule has 3 heterocycles. The molecule has 0 aliphatic rings. The van der Waals surface area contributed by atoms with Gasteiger partial charge in [0.25, 0.3) is 0 Å². The van der Waals surface area contributed by atoms with Crippen LogP contribution in [0.15, 0.2) is 97.1 Å². The topological polar surface area (TPSA) is 103 Å². The molecule has 3 aromatic heterocycles. The van der Waals surface area contributed by atoms with Crippen molar-refractivity contribution in [3.63, 3.8) is 0 Å². The summed E-state index contributed by atoms with van der Waals surface area (Å²) in [7, 11) is 0. The first-order valence-electron chi connectivity index (χ1n) is 15.6. The number of fused-ring (bicyclic) bond motifs is 6. The van der Waals surface area contributed by atoms with Gasteiger partial charge in [-0.25, -0.2) is 9.69 Å². The van der Waals surface area contributed by atoms with Gasteiger partial charge in [-0.1, -0.05) is 36.4 Å². The lowest BCUT2D eigenvalue weighted by Gasteiger charge is -2.19. The maximum Gasteiger partial charge on any atom is 0.189 e. The van der Waals surface area contributed by atoms with E-state index >= 15 is 0 Å². The third-order valence-corrected chi connectivity index (χ3v) is 9.12. The third-order valence-electron chi connectivity index (χ3n) is 9.12. The molecule has 50 heavy (non-hydrogen) atoms. The largest absolute Gasteiger partial charge is 0.309 e. The Bertz CT molecular complexity index is 2680. The Balaban J connectivity index is 1.61. The SMILES string of the molecule is [C-]#[N+]c1ccc2c3ccc(C#N)cc3n(-c3cc(-c4cc(C)nc(C)c4)cc(-n4c5cc(C#N)ccc5c5ccc([N+]#[C-])cc54)c3C#N)c2c1. The molecule has 0 saturated carbocycles. The second kappa shape index (κ2) is 11.2. The van der Waals surface area contributed by atoms with E-state index in [2.05, 4.69) is 32.9 Å². The van der Waals surface area contributed by atoms with Crippen molar-refractivity contribution in [1.29, 1.82) is 15.8 Å². The quantitative estimate of drug-likeness (QED) is 0.180. The van der Waals surface area contributed by atoms with E-state index in [1.54, 1.807) is 24.3 Å². The number of nitriles is 3. The number of hydrogen-bond acceptors (Lipinski definition) is 4. The van der Waals surface area contributed by atoms with Crippen molar-refractivity contribution in [3.8, 4) is 40.7 Å². The molecule has 0 saturated heterocycles. The second-order valence-electron chi connectivity index (χ2n) is 12.1. The van der Waals surface area contributed by atoms with Gasteiger partial charge in [-0.15, -0.1) is 0 Å². The highest BCUT2D eigenvalue weighted by molar-refractivity contribution is 6.12. The molecular weight excluding hydrogens is 617 g/mol. The van der Waals surface area contributed by atoms with E-state index < -0.39 is 0 Å². The average molecular weight is 639 g/mol. The number of rotatable bonds is 3. The van der Waals surface area contributed by atoms with Crippen molar-refractivity contribution in [2.24, 2.45) is 0 Å². The molecule has 8 nitrogen and oxygen atoms in total. The normalized spacial score (nSPS) is 10.9. The van der Waals surface area contributed by atoms with Gasteiger partial charge in [0.05, 0.1) is 58.8 Å². The van der Waals surface area contributed by atoms with Gasteiger partial charge in [-0.3, -0.25) is 4.98 Å². The second-order valence-corrected chi connectivity index (χ2v) is 12.1. The van der Waals surface area contributed by atoms with Gasteiger partial charge in [0.15, 0.2) is 11.4 Å². The molecule has 0 N–H and O–H groups in total. The van der Waals surface area contributed by atoms with Crippen LogP contribution >= 0.6 is 0 Å². The summed E-state index contributed by atoms with van der Waals surface area (Å²) in [4.78, 5) is 12.0. The number of hydrogen-bond donors (Lipinski definition) is 0. The molecule has 8 aromatic rings. The van der Waals surface area contributed by atoms with Crippen LogP contribution in [0.2, 0.25) is 0 Å². The van der Waals surface area contributed by atoms with Gasteiger partial charge in [-0.2, -0.15) is 15.8 Å². The molecule has 0 atom stereocenters. The minimum Gasteiger partial charge on any atom is -0.309 e. The molecule has 0 aliphatic heterocycles. The molecule has 0 unspecified atom stereocenters. The fourth-order valence-corrected chi connectivity index (χ4v) is 7.06. The lowest BCUT2D eigenvalue weighted by atomic mass is 9.99. The Labute approximate surface area is 286 Å². The van der Waals surface area contributed by atoms with E-state index in [-0.39, 0.29) is 0 Å². The summed E-state index contributed by atoms with van der Waals surface area (Å²) in [6, 6.07) is 36.9. The van der Waals surface area contributed by atoms with Crippen molar-refractivity contribution in [2.45, 2.75) is 13.8 Å². The van der Waals surface area contributed by atoms with Gasteiger partial charge in [0.2, 0.25) is 0 Å². The molecule has 5 aromatic carbocycles. The first-order valence-corrected chi connectivity index (χ1v) is 15.6. The minimum atomic E-state index is 0.333. The van der Waals surface area contributed by atoms with Crippen molar-refractivity contribution >= 4 is 55.0 Å². The maximum absolute atomic E-state index is 11.1. The molecule has 230 valence electrons. The lowest BCUT2D eigenvalue weighted by Crippen LogP contribution is -2.05. The van der Waals surface area contributed by atoms with Crippen LogP contribution in [0.5, 0.6) is 0 Å². The van der Waals surface area contributed by atoms with E-state index in [9.17, 15) is 15.8 Å². The van der Waals surface area contributed by atoms with Crippen molar-refractivity contribution < 1.29 is 0 Å². The molecule has 0 bridgehead atoms. The van der Waals surface area contributed by atoms with Crippen LogP contribution in [0.25, 0.3) is 75.8 Å². The van der Waals surface area contributed by atoms with E-state index in [0.717, 1.165) is 55.1 Å². The lowest BCUT2D eigenvalue weighted by molar-refractivity contribution is 1.11. The molecule has 0 spiro atoms. The predicted molar refractivity (Wildman–Crippen MR) is 194 cm³/mol. The van der Waals surface area contributed by atoms with Crippen LogP contribution in [0.3, 0.4) is 0 Å². The first-order chi connectivity index (χ1) is 24.3. The standard InChI is InChI=1S/C42H22N8/c1-24-13-28(14-25(2)48-24)29-17-39(49-37-15-26(21-43)5-9-32(37)34-11-7-30(46-3)19-41(34)49)36(23-45)40(18-29)50-38-16-27(22-44)6-10-33(38)35-12-8-31(47-4)20-42(35)50/h5-20H,1-2H3. The highest BCUT2D eigenvalue weighted by atomic mass is 15.0. The minimum absolute atomic E-state index is 0.333. The van der Waals surface area contributed by atoms with Crippen LogP contribution in [0, 0.1) is 61.0 Å². The Hall–Kier alpha value is -7.70. The molecule has 8 heteroatoms. The summed E-state index contributed by atoms with van der Waals surface area (Å²) in [6.07, 6.45) is 0. The monoisotopic (exact) mass is 638 g/mol. The third kappa shape index (κ3) is 4.45. The van der Waals surface area contributed by atoms with Gasteiger partial charge in [0, 0.05) is 44.0 Å². The smallest absolute Gasteiger partial charge is 0.189 e. The molecule has 0 fully saturated rings. The zero-order chi connectivity index (χ0) is 34.7. The van der Waals surface area contributed by atoms with Crippen LogP contribution < -0.4 is 0 Å². The van der Waals surface area contributed by atoms with E-state index in [4.69, 9.17) is 13.1 Å². The summed E-state index contributed by atoms with van der Waals surface area (Å²) >= 11 is 0. The fraction of sp³-hybridized carbons (Fsp3) is 0.0476. The highest BCUT2D eigenvalue weighted by Gasteiger charge is 2.23. The number of aryl methyl sites for hydroxylation is 2. The predicted octanol–water partition coefficient (Wildman–Crippen LogP) is 10.3. The van der Waals surface area contributed by atoms with Gasteiger partial charge < -0.3 is 9.13 Å². The zero-order valence-electron chi connectivity index (χ0n) is 26.8. The molecule has 0 radical (unpaired) electrons. The van der Waals surface area contributed by atoms with Crippen LogP contribution in [0.4, 0.5) is 11.4 Å². The first kappa shape index (κ1) is 29.7. The highest BCUT2D eigenvalue weighted by Crippen LogP contribution is 2.42. The Morgan fingerprint density at radius 2 is 0.920 bits per heavy atom. The van der Waals surface area contributed by atoms with Gasteiger partial charge >= 0.3 is 0 Å². The summed E-state index contributed by atoms with van der Waals surface area (Å²) in [6.45, 7) is 19.4. The van der Waals surface area contributed by atoms with E-state index in [0.29, 0.717) is 50.5 Å². The van der Waals surface area contributed by atoms with Gasteiger partial charge in [0.1, 0.15) is 11.6 Å². The summed E-state index contributed by atoms with van der Waals surface area (Å²) in [5.41, 5.74) is 9.47. The van der Waals surface area contributed by atoms with Gasteiger partial charge in [-0.05, 0) is 85.6 Å². The van der Waals surface area contributed by atoms with Crippen LogP contribution in [-0.4, -0.2) is 14.1 Å². The van der Waals surface area contributed by atoms with Crippen molar-refractivity contribution in [3.05, 3.63) is 148 Å². The van der Waals surface area contributed by atoms with E-state index in [1.807, 2.05) is 95.8 Å². The molecular formula is C42H22N8. The Morgan fingerprint density at radius 3 is 1.32 bits per heavy atom. The summed E-state index contributed by atoms with van der Waals surface area (Å²) < 4.78 is 3.93. The molecule has 0 aliphatic carbocycles. The van der Waals surface area contributed by atoms with Crippen LogP contribution in [-0.2, 0) is 0 Å². The Kier molecular flexibility index (Phi) is 6.66. The Morgan fingerprint density at radius 1 is 0.520 bits per heavy atom. The summed E-state index contributed by atoms with van der Waals surface area (Å²) in [5, 5.41) is 34.5. The van der Waals surface area contributed by atoms with Crippen molar-refractivity contribution in [1.82, 2.24) is 14.1 Å². The number of nitrogens with zero attached hydrogens (tertiary/aromatic N) is 8. The van der Waals surface area contributed by atoms with Crippen molar-refractivity contribution in [2.75, 3.05) is 0 Å². The number of pyridine rings is 1. The van der Waals surface area contributed by atoms with Crippen LogP contribution in [0.1, 0.15) is 28.1 Å².